The molecular formula is C11H14ClNO2. The lowest BCUT2D eigenvalue weighted by atomic mass is 10.1. The molecule has 1 aliphatic rings. The van der Waals surface area contributed by atoms with Gasteiger partial charge in [-0.2, -0.15) is 0 Å². The van der Waals surface area contributed by atoms with Gasteiger partial charge < -0.3 is 15.2 Å². The van der Waals surface area contributed by atoms with Gasteiger partial charge >= 0.3 is 0 Å². The van der Waals surface area contributed by atoms with Crippen LogP contribution in [0.3, 0.4) is 0 Å². The molecule has 82 valence electrons. The van der Waals surface area contributed by atoms with E-state index in [0.717, 1.165) is 12.0 Å². The van der Waals surface area contributed by atoms with Crippen molar-refractivity contribution in [1.82, 2.24) is 0 Å². The Hall–Kier alpha value is -0.930. The van der Waals surface area contributed by atoms with Crippen LogP contribution in [0.4, 0.5) is 0 Å². The van der Waals surface area contributed by atoms with E-state index < -0.39 is 0 Å². The summed E-state index contributed by atoms with van der Waals surface area (Å²) in [5.74, 6) is 1.67. The van der Waals surface area contributed by atoms with Crippen molar-refractivity contribution in [2.75, 3.05) is 14.2 Å². The van der Waals surface area contributed by atoms with Crippen molar-refractivity contribution in [3.63, 3.8) is 0 Å². The lowest BCUT2D eigenvalue weighted by Crippen LogP contribution is -2.01. The fraction of sp³-hybridized carbons (Fsp3) is 0.455. The van der Waals surface area contributed by atoms with Gasteiger partial charge in [0.15, 0.2) is 11.5 Å². The van der Waals surface area contributed by atoms with Crippen LogP contribution >= 0.6 is 11.6 Å². The Bertz CT molecular complexity index is 381. The van der Waals surface area contributed by atoms with Crippen molar-refractivity contribution in [2.45, 2.75) is 18.4 Å². The maximum Gasteiger partial charge on any atom is 0.179 e. The van der Waals surface area contributed by atoms with Gasteiger partial charge in [0, 0.05) is 12.0 Å². The molecule has 0 aromatic heterocycles. The first-order valence-corrected chi connectivity index (χ1v) is 5.22. The summed E-state index contributed by atoms with van der Waals surface area (Å²) in [6.07, 6.45) is 1.02. The highest BCUT2D eigenvalue weighted by Gasteiger charge is 2.35. The molecule has 2 unspecified atom stereocenters. The topological polar surface area (TPSA) is 44.5 Å². The molecule has 2 atom stereocenters. The first-order chi connectivity index (χ1) is 7.17. The number of hydrogen-bond acceptors (Lipinski definition) is 3. The van der Waals surface area contributed by atoms with Crippen LogP contribution in [-0.2, 0) is 0 Å². The summed E-state index contributed by atoms with van der Waals surface area (Å²) in [4.78, 5) is 0. The molecule has 1 aromatic rings. The van der Waals surface area contributed by atoms with Crippen LogP contribution in [-0.4, -0.2) is 20.3 Å². The van der Waals surface area contributed by atoms with Gasteiger partial charge in [-0.05, 0) is 24.1 Å². The number of halogens is 1. The molecule has 0 heterocycles. The SMILES string of the molecule is COc1cc(C2CC2N)cc(Cl)c1OC. The van der Waals surface area contributed by atoms with Crippen LogP contribution in [0.25, 0.3) is 0 Å². The maximum absolute atomic E-state index is 6.09. The average molecular weight is 228 g/mol. The second-order valence-electron chi connectivity index (χ2n) is 3.74. The third-order valence-electron chi connectivity index (χ3n) is 2.72. The number of rotatable bonds is 3. The molecule has 1 fully saturated rings. The van der Waals surface area contributed by atoms with E-state index >= 15 is 0 Å². The van der Waals surface area contributed by atoms with Gasteiger partial charge in [-0.25, -0.2) is 0 Å². The third kappa shape index (κ3) is 1.90. The largest absolute Gasteiger partial charge is 0.493 e. The van der Waals surface area contributed by atoms with Gasteiger partial charge in [-0.3, -0.25) is 0 Å². The van der Waals surface area contributed by atoms with Gasteiger partial charge in [-0.1, -0.05) is 11.6 Å². The van der Waals surface area contributed by atoms with Crippen LogP contribution in [0.5, 0.6) is 11.5 Å². The van der Waals surface area contributed by atoms with Crippen molar-refractivity contribution in [1.29, 1.82) is 0 Å². The first-order valence-electron chi connectivity index (χ1n) is 4.84. The molecule has 2 N–H and O–H groups in total. The number of methoxy groups -OCH3 is 2. The average Bonchev–Trinajstić information content (AvgIpc) is 2.94. The van der Waals surface area contributed by atoms with E-state index in [9.17, 15) is 0 Å². The Labute approximate surface area is 94.1 Å². The zero-order chi connectivity index (χ0) is 11.0. The summed E-state index contributed by atoms with van der Waals surface area (Å²) >= 11 is 6.09. The minimum Gasteiger partial charge on any atom is -0.493 e. The van der Waals surface area contributed by atoms with Crippen LogP contribution in [0, 0.1) is 0 Å². The lowest BCUT2D eigenvalue weighted by Gasteiger charge is -2.11. The van der Waals surface area contributed by atoms with Crippen molar-refractivity contribution in [2.24, 2.45) is 5.73 Å². The number of ether oxygens (including phenoxy) is 2. The molecule has 0 spiro atoms. The van der Waals surface area contributed by atoms with Crippen molar-refractivity contribution < 1.29 is 9.47 Å². The predicted molar refractivity (Wildman–Crippen MR) is 59.9 cm³/mol. The molecule has 4 heteroatoms. The quantitative estimate of drug-likeness (QED) is 0.861. The maximum atomic E-state index is 6.09. The summed E-state index contributed by atoms with van der Waals surface area (Å²) in [6.45, 7) is 0. The number of benzene rings is 1. The summed E-state index contributed by atoms with van der Waals surface area (Å²) in [6, 6.07) is 4.11. The van der Waals surface area contributed by atoms with Gasteiger partial charge in [0.05, 0.1) is 19.2 Å². The fourth-order valence-corrected chi connectivity index (χ4v) is 2.05. The standard InChI is InChI=1S/C11H14ClNO2/c1-14-10-4-6(7-5-9(7)13)3-8(12)11(10)15-2/h3-4,7,9H,5,13H2,1-2H3. The molecule has 1 aromatic carbocycles. The second kappa shape index (κ2) is 3.91. The highest BCUT2D eigenvalue weighted by atomic mass is 35.5. The van der Waals surface area contributed by atoms with Gasteiger partial charge in [0.1, 0.15) is 0 Å². The second-order valence-corrected chi connectivity index (χ2v) is 4.15. The zero-order valence-corrected chi connectivity index (χ0v) is 9.54. The minimum absolute atomic E-state index is 0.263. The highest BCUT2D eigenvalue weighted by Crippen LogP contribution is 2.44. The molecular weight excluding hydrogens is 214 g/mol. The van der Waals surface area contributed by atoms with E-state index in [1.807, 2.05) is 12.1 Å². The molecule has 0 saturated heterocycles. The fourth-order valence-electron chi connectivity index (χ4n) is 1.75. The molecule has 15 heavy (non-hydrogen) atoms. The monoisotopic (exact) mass is 227 g/mol. The number of hydrogen-bond donors (Lipinski definition) is 1. The van der Waals surface area contributed by atoms with Gasteiger partial charge in [-0.15, -0.1) is 0 Å². The summed E-state index contributed by atoms with van der Waals surface area (Å²) < 4.78 is 10.4. The molecule has 3 nitrogen and oxygen atoms in total. The Kier molecular flexibility index (Phi) is 2.76. The molecule has 0 radical (unpaired) electrons. The van der Waals surface area contributed by atoms with Crippen molar-refractivity contribution in [3.05, 3.63) is 22.7 Å². The highest BCUT2D eigenvalue weighted by molar-refractivity contribution is 6.32. The van der Waals surface area contributed by atoms with Crippen LogP contribution in [0.15, 0.2) is 12.1 Å². The van der Waals surface area contributed by atoms with Crippen molar-refractivity contribution >= 4 is 11.6 Å². The third-order valence-corrected chi connectivity index (χ3v) is 3.00. The Morgan fingerprint density at radius 1 is 1.33 bits per heavy atom. The van der Waals surface area contributed by atoms with Crippen LogP contribution in [0.2, 0.25) is 5.02 Å². The Morgan fingerprint density at radius 3 is 2.47 bits per heavy atom. The molecule has 0 aliphatic heterocycles. The molecule has 0 bridgehead atoms. The minimum atomic E-state index is 0.263. The summed E-state index contributed by atoms with van der Waals surface area (Å²) in [7, 11) is 3.18. The molecule has 1 aliphatic carbocycles. The van der Waals surface area contributed by atoms with Crippen LogP contribution in [0.1, 0.15) is 17.9 Å². The smallest absolute Gasteiger partial charge is 0.179 e. The van der Waals surface area contributed by atoms with E-state index in [0.29, 0.717) is 22.4 Å². The van der Waals surface area contributed by atoms with E-state index in [1.54, 1.807) is 14.2 Å². The first kappa shape index (κ1) is 10.6. The lowest BCUT2D eigenvalue weighted by molar-refractivity contribution is 0.354. The van der Waals surface area contributed by atoms with E-state index in [-0.39, 0.29) is 6.04 Å². The Morgan fingerprint density at radius 2 is 2.00 bits per heavy atom. The van der Waals surface area contributed by atoms with Gasteiger partial charge in [0.2, 0.25) is 0 Å². The molecule has 2 rings (SSSR count). The predicted octanol–water partition coefficient (Wildman–Crippen LogP) is 2.17. The zero-order valence-electron chi connectivity index (χ0n) is 8.79. The van der Waals surface area contributed by atoms with E-state index in [1.165, 1.54) is 0 Å². The summed E-state index contributed by atoms with van der Waals surface area (Å²) in [5.41, 5.74) is 6.93. The van der Waals surface area contributed by atoms with Crippen LogP contribution < -0.4 is 15.2 Å². The van der Waals surface area contributed by atoms with E-state index in [2.05, 4.69) is 0 Å². The van der Waals surface area contributed by atoms with Gasteiger partial charge in [0.25, 0.3) is 0 Å². The molecule has 1 saturated carbocycles. The number of nitrogens with two attached hydrogens (primary N) is 1. The normalized spacial score (nSPS) is 23.7. The van der Waals surface area contributed by atoms with Crippen molar-refractivity contribution in [3.8, 4) is 11.5 Å². The Balaban J connectivity index is 2.39. The summed E-state index contributed by atoms with van der Waals surface area (Å²) in [5, 5.41) is 0.575. The molecule has 0 amide bonds. The van der Waals surface area contributed by atoms with E-state index in [4.69, 9.17) is 26.8 Å².